The number of methoxy groups -OCH3 is 1. The molecule has 3 aromatic rings. The number of aryl methyl sites for hydroxylation is 1. The predicted molar refractivity (Wildman–Crippen MR) is 97.4 cm³/mol. The number of ether oxygens (including phenoxy) is 1. The van der Waals surface area contributed by atoms with E-state index in [0.29, 0.717) is 0 Å². The minimum Gasteiger partial charge on any atom is -0.497 e. The second kappa shape index (κ2) is 6.69. The molecule has 25 heavy (non-hydrogen) atoms. The van der Waals surface area contributed by atoms with Crippen molar-refractivity contribution in [1.29, 1.82) is 0 Å². The lowest BCUT2D eigenvalue weighted by Gasteiger charge is -2.25. The fourth-order valence-corrected chi connectivity index (χ4v) is 3.29. The number of aromatic amines is 1. The van der Waals surface area contributed by atoms with Gasteiger partial charge in [0.05, 0.1) is 24.2 Å². The molecule has 1 N–H and O–H groups in total. The van der Waals surface area contributed by atoms with Crippen LogP contribution in [-0.2, 0) is 19.5 Å². The van der Waals surface area contributed by atoms with Gasteiger partial charge in [-0.05, 0) is 43.3 Å². The molecule has 0 saturated heterocycles. The second-order valence-corrected chi connectivity index (χ2v) is 6.47. The maximum Gasteiger partial charge on any atom is 0.137 e. The van der Waals surface area contributed by atoms with E-state index in [4.69, 9.17) is 9.72 Å². The summed E-state index contributed by atoms with van der Waals surface area (Å²) in [5, 5.41) is 0. The van der Waals surface area contributed by atoms with E-state index in [-0.39, 0.29) is 0 Å². The minimum atomic E-state index is 0.858. The summed E-state index contributed by atoms with van der Waals surface area (Å²) in [7, 11) is 1.68. The fourth-order valence-electron chi connectivity index (χ4n) is 3.29. The molecule has 128 valence electrons. The van der Waals surface area contributed by atoms with Crippen molar-refractivity contribution < 1.29 is 4.74 Å². The van der Waals surface area contributed by atoms with E-state index >= 15 is 0 Å². The van der Waals surface area contributed by atoms with Crippen LogP contribution in [0.4, 0.5) is 0 Å². The molecule has 1 aromatic carbocycles. The minimum absolute atomic E-state index is 0.858. The molecule has 0 unspecified atom stereocenters. The molecule has 0 spiro atoms. The van der Waals surface area contributed by atoms with Crippen LogP contribution < -0.4 is 4.74 Å². The summed E-state index contributed by atoms with van der Waals surface area (Å²) in [5.41, 5.74) is 5.67. The maximum atomic E-state index is 5.22. The van der Waals surface area contributed by atoms with E-state index < -0.39 is 0 Å². The first-order valence-electron chi connectivity index (χ1n) is 8.58. The van der Waals surface area contributed by atoms with Crippen molar-refractivity contribution in [2.75, 3.05) is 13.7 Å². The van der Waals surface area contributed by atoms with Crippen LogP contribution in [0.1, 0.15) is 22.8 Å². The Morgan fingerprint density at radius 2 is 1.96 bits per heavy atom. The molecule has 0 atom stereocenters. The quantitative estimate of drug-likeness (QED) is 0.795. The number of imidazole rings is 1. The Bertz CT molecular complexity index is 870. The van der Waals surface area contributed by atoms with Crippen molar-refractivity contribution in [3.05, 3.63) is 65.2 Å². The first-order valence-corrected chi connectivity index (χ1v) is 8.58. The Hall–Kier alpha value is -2.66. The van der Waals surface area contributed by atoms with Gasteiger partial charge in [-0.25, -0.2) is 4.98 Å². The van der Waals surface area contributed by atoms with Crippen molar-refractivity contribution in [2.24, 2.45) is 0 Å². The number of pyridine rings is 1. The van der Waals surface area contributed by atoms with Crippen LogP contribution >= 0.6 is 0 Å². The third-order valence-corrected chi connectivity index (χ3v) is 4.61. The highest BCUT2D eigenvalue weighted by Gasteiger charge is 2.21. The van der Waals surface area contributed by atoms with Gasteiger partial charge in [-0.2, -0.15) is 0 Å². The zero-order chi connectivity index (χ0) is 17.2. The summed E-state index contributed by atoms with van der Waals surface area (Å²) in [5.74, 6) is 1.79. The van der Waals surface area contributed by atoms with E-state index in [0.717, 1.165) is 54.6 Å². The topological polar surface area (TPSA) is 54.0 Å². The van der Waals surface area contributed by atoms with Gasteiger partial charge in [0.15, 0.2) is 0 Å². The Balaban J connectivity index is 1.50. The molecule has 1 aliphatic heterocycles. The predicted octanol–water partition coefficient (Wildman–Crippen LogP) is 3.35. The summed E-state index contributed by atoms with van der Waals surface area (Å²) >= 11 is 0. The van der Waals surface area contributed by atoms with Crippen molar-refractivity contribution >= 4 is 0 Å². The van der Waals surface area contributed by atoms with Gasteiger partial charge in [0.25, 0.3) is 0 Å². The zero-order valence-electron chi connectivity index (χ0n) is 14.6. The van der Waals surface area contributed by atoms with Gasteiger partial charge in [-0.15, -0.1) is 0 Å². The number of nitrogens with one attached hydrogen (secondary N) is 1. The first kappa shape index (κ1) is 15.8. The van der Waals surface area contributed by atoms with Gasteiger partial charge in [0, 0.05) is 37.3 Å². The molecule has 4 rings (SSSR count). The molecule has 1 aliphatic rings. The second-order valence-electron chi connectivity index (χ2n) is 6.47. The average Bonchev–Trinajstić information content (AvgIpc) is 3.05. The van der Waals surface area contributed by atoms with E-state index in [2.05, 4.69) is 27.0 Å². The first-order chi connectivity index (χ1) is 12.2. The monoisotopic (exact) mass is 334 g/mol. The van der Waals surface area contributed by atoms with Crippen LogP contribution in [-0.4, -0.2) is 33.5 Å². The van der Waals surface area contributed by atoms with Crippen molar-refractivity contribution in [3.63, 3.8) is 0 Å². The highest BCUT2D eigenvalue weighted by Crippen LogP contribution is 2.25. The summed E-state index contributed by atoms with van der Waals surface area (Å²) in [4.78, 5) is 15.3. The highest BCUT2D eigenvalue weighted by atomic mass is 16.5. The van der Waals surface area contributed by atoms with E-state index in [1.54, 1.807) is 7.11 Å². The van der Waals surface area contributed by atoms with Crippen molar-refractivity contribution in [2.45, 2.75) is 26.4 Å². The number of hydrogen-bond donors (Lipinski definition) is 1. The molecule has 0 bridgehead atoms. The van der Waals surface area contributed by atoms with Crippen LogP contribution in [0.25, 0.3) is 11.4 Å². The molecule has 0 amide bonds. The Morgan fingerprint density at radius 1 is 1.12 bits per heavy atom. The number of benzene rings is 1. The number of rotatable bonds is 4. The molecule has 0 radical (unpaired) electrons. The zero-order valence-corrected chi connectivity index (χ0v) is 14.6. The summed E-state index contributed by atoms with van der Waals surface area (Å²) in [6, 6.07) is 14.2. The van der Waals surface area contributed by atoms with Crippen LogP contribution in [0, 0.1) is 6.92 Å². The average molecular weight is 334 g/mol. The van der Waals surface area contributed by atoms with Gasteiger partial charge in [-0.1, -0.05) is 6.07 Å². The third kappa shape index (κ3) is 3.42. The molecule has 0 aliphatic carbocycles. The molecular formula is C20H22N4O. The standard InChI is InChI=1S/C20H22N4O/c1-14-4-3-5-16(21-14)12-24-11-10-18-19(13-24)23-20(22-18)15-6-8-17(25-2)9-7-15/h3-9H,10-13H2,1-2H3,(H,22,23). The van der Waals surface area contributed by atoms with Gasteiger partial charge in [0.2, 0.25) is 0 Å². The lowest BCUT2D eigenvalue weighted by Crippen LogP contribution is -2.30. The molecule has 3 heterocycles. The third-order valence-electron chi connectivity index (χ3n) is 4.61. The number of aromatic nitrogens is 3. The van der Waals surface area contributed by atoms with Crippen molar-refractivity contribution in [1.82, 2.24) is 19.9 Å². The molecule has 0 fully saturated rings. The summed E-state index contributed by atoms with van der Waals surface area (Å²) in [6.07, 6.45) is 0.966. The fraction of sp³-hybridized carbons (Fsp3) is 0.300. The van der Waals surface area contributed by atoms with E-state index in [9.17, 15) is 0 Å². The van der Waals surface area contributed by atoms with Crippen LogP contribution in [0.3, 0.4) is 0 Å². The molecular weight excluding hydrogens is 312 g/mol. The number of fused-ring (bicyclic) bond motifs is 1. The van der Waals surface area contributed by atoms with Gasteiger partial charge in [-0.3, -0.25) is 9.88 Å². The smallest absolute Gasteiger partial charge is 0.137 e. The van der Waals surface area contributed by atoms with Crippen LogP contribution in [0.15, 0.2) is 42.5 Å². The Kier molecular flexibility index (Phi) is 4.24. The van der Waals surface area contributed by atoms with Crippen LogP contribution in [0.2, 0.25) is 0 Å². The lowest BCUT2D eigenvalue weighted by molar-refractivity contribution is 0.238. The van der Waals surface area contributed by atoms with E-state index in [1.807, 2.05) is 37.3 Å². The number of hydrogen-bond acceptors (Lipinski definition) is 4. The molecule has 2 aromatic heterocycles. The molecule has 5 nitrogen and oxygen atoms in total. The normalized spacial score (nSPS) is 14.3. The Labute approximate surface area is 147 Å². The lowest BCUT2D eigenvalue weighted by atomic mass is 10.1. The largest absolute Gasteiger partial charge is 0.497 e. The number of H-pyrrole nitrogens is 1. The molecule has 5 heteroatoms. The van der Waals surface area contributed by atoms with Crippen molar-refractivity contribution in [3.8, 4) is 17.1 Å². The molecule has 0 saturated carbocycles. The van der Waals surface area contributed by atoms with Gasteiger partial charge >= 0.3 is 0 Å². The summed E-state index contributed by atoms with van der Waals surface area (Å²) < 4.78 is 5.22. The summed E-state index contributed by atoms with van der Waals surface area (Å²) in [6.45, 7) is 4.80. The van der Waals surface area contributed by atoms with Crippen LogP contribution in [0.5, 0.6) is 5.75 Å². The Morgan fingerprint density at radius 3 is 2.72 bits per heavy atom. The van der Waals surface area contributed by atoms with E-state index in [1.165, 1.54) is 11.4 Å². The highest BCUT2D eigenvalue weighted by molar-refractivity contribution is 5.57. The van der Waals surface area contributed by atoms with Gasteiger partial charge < -0.3 is 9.72 Å². The maximum absolute atomic E-state index is 5.22. The SMILES string of the molecule is COc1ccc(-c2nc3c([nH]2)CN(Cc2cccc(C)n2)CC3)cc1. The number of nitrogens with zero attached hydrogens (tertiary/aromatic N) is 3. The van der Waals surface area contributed by atoms with Gasteiger partial charge in [0.1, 0.15) is 11.6 Å².